The van der Waals surface area contributed by atoms with E-state index in [2.05, 4.69) is 31.1 Å². The number of halogens is 2. The van der Waals surface area contributed by atoms with E-state index < -0.39 is 0 Å². The van der Waals surface area contributed by atoms with Gasteiger partial charge in [-0.1, -0.05) is 47.1 Å². The average Bonchev–Trinajstić information content (AvgIpc) is 3.71. The fraction of sp³-hybridized carbons (Fsp3) is 0.259. The van der Waals surface area contributed by atoms with Crippen molar-refractivity contribution in [1.29, 1.82) is 0 Å². The Balaban J connectivity index is 1.08. The quantitative estimate of drug-likeness (QED) is 0.225. The molecule has 2 amide bonds. The normalized spacial score (nSPS) is 12.7. The van der Waals surface area contributed by atoms with Gasteiger partial charge in [0.15, 0.2) is 6.61 Å². The third kappa shape index (κ3) is 7.50. The summed E-state index contributed by atoms with van der Waals surface area (Å²) in [5, 5.41) is 18.6. The van der Waals surface area contributed by atoms with Crippen molar-refractivity contribution in [3.8, 4) is 11.4 Å². The van der Waals surface area contributed by atoms with E-state index in [9.17, 15) is 9.59 Å². The number of thioether (sulfide) groups is 1. The second-order valence-corrected chi connectivity index (χ2v) is 10.8. The van der Waals surface area contributed by atoms with Crippen molar-refractivity contribution in [3.63, 3.8) is 0 Å². The highest BCUT2D eigenvalue weighted by Gasteiger charge is 2.24. The zero-order valence-corrected chi connectivity index (χ0v) is 23.5. The number of ether oxygens (including phenoxy) is 1. The number of nitrogens with one attached hydrogen (secondary N) is 2. The molecule has 2 heterocycles. The van der Waals surface area contributed by atoms with Crippen LogP contribution >= 0.6 is 35.0 Å². The molecule has 1 saturated carbocycles. The summed E-state index contributed by atoms with van der Waals surface area (Å²) >= 11 is 14.0. The number of nitrogens with zero attached hydrogens (tertiary/aromatic N) is 5. The molecule has 40 heavy (non-hydrogen) atoms. The highest BCUT2D eigenvalue weighted by Crippen LogP contribution is 2.41. The van der Waals surface area contributed by atoms with E-state index in [0.717, 1.165) is 5.56 Å². The number of tetrazole rings is 1. The first kappa shape index (κ1) is 27.9. The molecule has 2 aromatic heterocycles. The van der Waals surface area contributed by atoms with Crippen LogP contribution < -0.4 is 15.4 Å². The van der Waals surface area contributed by atoms with Crippen LogP contribution in [0.15, 0.2) is 66.1 Å². The topological polar surface area (TPSA) is 124 Å². The Morgan fingerprint density at radius 3 is 2.70 bits per heavy atom. The number of hydrogen-bond donors (Lipinski definition) is 2. The van der Waals surface area contributed by atoms with Gasteiger partial charge in [0.25, 0.3) is 5.91 Å². The zero-order valence-electron chi connectivity index (χ0n) is 21.2. The van der Waals surface area contributed by atoms with Gasteiger partial charge in [-0.05, 0) is 77.1 Å². The van der Waals surface area contributed by atoms with Gasteiger partial charge in [-0.15, -0.1) is 5.10 Å². The van der Waals surface area contributed by atoms with E-state index in [1.54, 1.807) is 30.6 Å². The largest absolute Gasteiger partial charge is 0.484 e. The minimum atomic E-state index is -0.293. The summed E-state index contributed by atoms with van der Waals surface area (Å²) in [6.45, 7) is 0.317. The first-order valence-electron chi connectivity index (χ1n) is 12.5. The summed E-state index contributed by atoms with van der Waals surface area (Å²) in [5.41, 5.74) is 3.32. The maximum absolute atomic E-state index is 12.6. The number of carbonyl (C=O) groups is 2. The average molecular weight is 599 g/mol. The van der Waals surface area contributed by atoms with Crippen molar-refractivity contribution in [2.24, 2.45) is 0 Å². The van der Waals surface area contributed by atoms with E-state index in [0.29, 0.717) is 46.2 Å². The lowest BCUT2D eigenvalue weighted by Gasteiger charge is -2.11. The van der Waals surface area contributed by atoms with Gasteiger partial charge in [0.05, 0.1) is 27.2 Å². The van der Waals surface area contributed by atoms with Crippen molar-refractivity contribution in [1.82, 2.24) is 30.5 Å². The van der Waals surface area contributed by atoms with Gasteiger partial charge in [-0.2, -0.15) is 4.68 Å². The fourth-order valence-corrected chi connectivity index (χ4v) is 5.05. The van der Waals surface area contributed by atoms with Crippen molar-refractivity contribution in [2.75, 3.05) is 24.2 Å². The van der Waals surface area contributed by atoms with E-state index in [4.69, 9.17) is 27.9 Å². The monoisotopic (exact) mass is 597 g/mol. The molecule has 10 nitrogen and oxygen atoms in total. The van der Waals surface area contributed by atoms with Gasteiger partial charge in [-0.3, -0.25) is 14.6 Å². The number of hydrogen-bond acceptors (Lipinski definition) is 8. The van der Waals surface area contributed by atoms with Crippen molar-refractivity contribution in [3.05, 3.63) is 82.1 Å². The highest BCUT2D eigenvalue weighted by atomic mass is 35.5. The number of aromatic nitrogens is 5. The summed E-state index contributed by atoms with van der Waals surface area (Å²) < 4.78 is 7.05. The number of rotatable bonds is 12. The second kappa shape index (κ2) is 13.1. The van der Waals surface area contributed by atoms with E-state index >= 15 is 0 Å². The SMILES string of the molecule is O=C(COc1ccc(NC(=O)CSc2nnnn2-c2ccc(C3CC3)cc2Cl)c(Cl)c1)NCCc1cccnc1. The third-order valence-electron chi connectivity index (χ3n) is 6.07. The maximum Gasteiger partial charge on any atom is 0.257 e. The molecule has 0 aliphatic heterocycles. The number of pyridine rings is 1. The van der Waals surface area contributed by atoms with Gasteiger partial charge in [0.2, 0.25) is 11.1 Å². The molecule has 0 unspecified atom stereocenters. The van der Waals surface area contributed by atoms with Crippen LogP contribution in [0.5, 0.6) is 5.75 Å². The van der Waals surface area contributed by atoms with Gasteiger partial charge in [-0.25, -0.2) is 0 Å². The van der Waals surface area contributed by atoms with Crippen LogP contribution in [-0.2, 0) is 16.0 Å². The van der Waals surface area contributed by atoms with E-state index in [-0.39, 0.29) is 29.2 Å². The molecular weight excluding hydrogens is 573 g/mol. The molecule has 2 N–H and O–H groups in total. The standard InChI is InChI=1S/C27H25Cl2N7O3S/c28-21-13-20(39-15-25(37)31-11-9-17-2-1-10-30-14-17)6-7-23(21)32-26(38)16-40-27-33-34-35-36(27)24-8-5-19(12-22(24)29)18-3-4-18/h1-2,5-8,10,12-14,18H,3-4,9,11,15-16H2,(H,31,37)(H,32,38). The van der Waals surface area contributed by atoms with E-state index in [1.165, 1.54) is 34.8 Å². The minimum Gasteiger partial charge on any atom is -0.484 e. The fourth-order valence-electron chi connectivity index (χ4n) is 3.88. The lowest BCUT2D eigenvalue weighted by molar-refractivity contribution is -0.123. The smallest absolute Gasteiger partial charge is 0.257 e. The molecule has 5 rings (SSSR count). The molecule has 0 radical (unpaired) electrons. The molecule has 13 heteroatoms. The maximum atomic E-state index is 12.6. The first-order chi connectivity index (χ1) is 19.5. The van der Waals surface area contributed by atoms with E-state index in [1.807, 2.05) is 30.3 Å². The summed E-state index contributed by atoms with van der Waals surface area (Å²) in [4.78, 5) is 28.8. The Hall–Kier alpha value is -3.67. The molecule has 4 aromatic rings. The van der Waals surface area contributed by atoms with Crippen molar-refractivity contribution in [2.45, 2.75) is 30.3 Å². The molecule has 206 valence electrons. The Bertz CT molecular complexity index is 1500. The van der Waals surface area contributed by atoms with Crippen LogP contribution in [0.2, 0.25) is 10.0 Å². The van der Waals surface area contributed by atoms with Crippen LogP contribution in [0.1, 0.15) is 29.9 Å². The predicted octanol–water partition coefficient (Wildman–Crippen LogP) is 4.71. The van der Waals surface area contributed by atoms with Crippen molar-refractivity contribution < 1.29 is 14.3 Å². The lowest BCUT2D eigenvalue weighted by Crippen LogP contribution is -2.30. The molecule has 0 saturated heterocycles. The summed E-state index contributed by atoms with van der Waals surface area (Å²) in [6.07, 6.45) is 6.50. The van der Waals surface area contributed by atoms with Crippen LogP contribution in [-0.4, -0.2) is 55.9 Å². The summed E-state index contributed by atoms with van der Waals surface area (Å²) in [5.74, 6) is 0.489. The molecule has 1 aliphatic rings. The van der Waals surface area contributed by atoms with Gasteiger partial charge in [0.1, 0.15) is 5.75 Å². The van der Waals surface area contributed by atoms with Crippen molar-refractivity contribution >= 4 is 52.5 Å². The molecular formula is C27H25Cl2N7O3S. The molecule has 1 aliphatic carbocycles. The number of benzene rings is 2. The number of carbonyl (C=O) groups excluding carboxylic acids is 2. The van der Waals surface area contributed by atoms with Crippen LogP contribution in [0.25, 0.3) is 5.69 Å². The third-order valence-corrected chi connectivity index (χ3v) is 7.60. The molecule has 0 bridgehead atoms. The Morgan fingerprint density at radius 1 is 1.07 bits per heavy atom. The molecule has 0 spiro atoms. The summed E-state index contributed by atoms with van der Waals surface area (Å²) in [7, 11) is 0. The summed E-state index contributed by atoms with van der Waals surface area (Å²) in [6, 6.07) is 14.5. The second-order valence-electron chi connectivity index (χ2n) is 9.09. The number of anilines is 1. The minimum absolute atomic E-state index is 0.0476. The highest BCUT2D eigenvalue weighted by molar-refractivity contribution is 7.99. The number of amides is 2. The zero-order chi connectivity index (χ0) is 27.9. The van der Waals surface area contributed by atoms with Gasteiger partial charge < -0.3 is 15.4 Å². The Kier molecular flexibility index (Phi) is 9.15. The van der Waals surface area contributed by atoms with Gasteiger partial charge >= 0.3 is 0 Å². The molecule has 1 fully saturated rings. The van der Waals surface area contributed by atoms with Crippen LogP contribution in [0, 0.1) is 0 Å². The first-order valence-corrected chi connectivity index (χ1v) is 14.3. The van der Waals surface area contributed by atoms with Gasteiger partial charge in [0, 0.05) is 25.0 Å². The van der Waals surface area contributed by atoms with Crippen LogP contribution in [0.3, 0.4) is 0 Å². The molecule has 2 aromatic carbocycles. The predicted molar refractivity (Wildman–Crippen MR) is 153 cm³/mol. The lowest BCUT2D eigenvalue weighted by atomic mass is 10.1. The Morgan fingerprint density at radius 2 is 1.95 bits per heavy atom. The Labute approximate surface area is 244 Å². The van der Waals surface area contributed by atoms with Crippen LogP contribution in [0.4, 0.5) is 5.69 Å². The molecule has 0 atom stereocenters.